The first-order valence-electron chi connectivity index (χ1n) is 4.40. The van der Waals surface area contributed by atoms with Crippen molar-refractivity contribution in [3.63, 3.8) is 0 Å². The summed E-state index contributed by atoms with van der Waals surface area (Å²) in [6.07, 6.45) is 3.71. The molecule has 1 unspecified atom stereocenters. The van der Waals surface area contributed by atoms with E-state index in [-0.39, 0.29) is 12.1 Å². The van der Waals surface area contributed by atoms with Crippen molar-refractivity contribution in [3.8, 4) is 0 Å². The summed E-state index contributed by atoms with van der Waals surface area (Å²) in [5.41, 5.74) is 0. The molecule has 1 fully saturated rings. The molecule has 0 aliphatic carbocycles. The van der Waals surface area contributed by atoms with Crippen LogP contribution in [0.15, 0.2) is 22.3 Å². The Morgan fingerprint density at radius 3 is 3.29 bits per heavy atom. The molecule has 0 spiro atoms. The Kier molecular flexibility index (Phi) is 2.78. The van der Waals surface area contributed by atoms with Crippen molar-refractivity contribution in [3.05, 3.63) is 22.3 Å². The number of fused-ring (bicyclic) bond motifs is 2. The summed E-state index contributed by atoms with van der Waals surface area (Å²) in [5, 5.41) is 1.44. The number of rotatable bonds is 3. The van der Waals surface area contributed by atoms with E-state index < -0.39 is 0 Å². The number of hydroxylamine groups is 2. The molecular formula is C9H11IN2O2. The van der Waals surface area contributed by atoms with E-state index >= 15 is 0 Å². The molecule has 5 heteroatoms. The fourth-order valence-corrected chi connectivity index (χ4v) is 2.47. The SMILES string of the molecule is C=CCON1C(=O)N2CC(I)=CC1C2. The molecule has 0 aromatic carbocycles. The number of hydrogen-bond acceptors (Lipinski definition) is 2. The van der Waals surface area contributed by atoms with Gasteiger partial charge in [-0.1, -0.05) is 6.08 Å². The number of carbonyl (C=O) groups is 1. The van der Waals surface area contributed by atoms with Crippen LogP contribution in [0.25, 0.3) is 0 Å². The average Bonchev–Trinajstić information content (AvgIpc) is 2.37. The van der Waals surface area contributed by atoms with Crippen molar-refractivity contribution in [2.45, 2.75) is 6.04 Å². The van der Waals surface area contributed by atoms with Gasteiger partial charge in [0, 0.05) is 10.1 Å². The van der Waals surface area contributed by atoms with E-state index in [1.807, 2.05) is 0 Å². The van der Waals surface area contributed by atoms with E-state index in [0.717, 1.165) is 6.54 Å². The second kappa shape index (κ2) is 3.90. The maximum atomic E-state index is 11.7. The van der Waals surface area contributed by atoms with Gasteiger partial charge in [0.15, 0.2) is 0 Å². The van der Waals surface area contributed by atoms with E-state index in [1.165, 1.54) is 8.64 Å². The standard InChI is InChI=1S/C9H11IN2O2/c1-2-3-14-12-8-4-7(10)5-11(6-8)9(12)13/h2,4,8H,1,3,5-6H2. The maximum Gasteiger partial charge on any atom is 0.344 e. The van der Waals surface area contributed by atoms with E-state index in [9.17, 15) is 4.79 Å². The van der Waals surface area contributed by atoms with Crippen molar-refractivity contribution in [1.29, 1.82) is 0 Å². The molecule has 0 saturated carbocycles. The van der Waals surface area contributed by atoms with Gasteiger partial charge in [-0.3, -0.25) is 4.84 Å². The molecule has 1 atom stereocenters. The Balaban J connectivity index is 2.11. The number of carbonyl (C=O) groups excluding carboxylic acids is 1. The van der Waals surface area contributed by atoms with E-state index in [4.69, 9.17) is 4.84 Å². The highest BCUT2D eigenvalue weighted by Gasteiger charge is 2.40. The molecule has 2 amide bonds. The Labute approximate surface area is 96.3 Å². The average molecular weight is 306 g/mol. The van der Waals surface area contributed by atoms with Gasteiger partial charge in [0.2, 0.25) is 0 Å². The second-order valence-corrected chi connectivity index (χ2v) is 4.64. The summed E-state index contributed by atoms with van der Waals surface area (Å²) in [6, 6.07) is 0.0304. The largest absolute Gasteiger partial charge is 0.344 e. The summed E-state index contributed by atoms with van der Waals surface area (Å²) < 4.78 is 1.19. The lowest BCUT2D eigenvalue weighted by atomic mass is 10.2. The molecule has 1 saturated heterocycles. The minimum atomic E-state index is -0.0419. The van der Waals surface area contributed by atoms with Crippen molar-refractivity contribution in [1.82, 2.24) is 9.96 Å². The highest BCUT2D eigenvalue weighted by atomic mass is 127. The lowest BCUT2D eigenvalue weighted by Crippen LogP contribution is -2.33. The van der Waals surface area contributed by atoms with Crippen molar-refractivity contribution in [2.24, 2.45) is 0 Å². The molecule has 76 valence electrons. The van der Waals surface area contributed by atoms with E-state index in [2.05, 4.69) is 35.2 Å². The molecule has 2 rings (SSSR count). The molecular weight excluding hydrogens is 295 g/mol. The van der Waals surface area contributed by atoms with Crippen molar-refractivity contribution in [2.75, 3.05) is 19.7 Å². The fraction of sp³-hybridized carbons (Fsp3) is 0.444. The minimum Gasteiger partial charge on any atom is -0.316 e. The summed E-state index contributed by atoms with van der Waals surface area (Å²) in [7, 11) is 0. The van der Waals surface area contributed by atoms with Gasteiger partial charge in [-0.25, -0.2) is 4.79 Å². The summed E-state index contributed by atoms with van der Waals surface area (Å²) >= 11 is 2.25. The van der Waals surface area contributed by atoms with Gasteiger partial charge in [0.25, 0.3) is 0 Å². The maximum absolute atomic E-state index is 11.7. The highest BCUT2D eigenvalue weighted by molar-refractivity contribution is 14.1. The van der Waals surface area contributed by atoms with Crippen molar-refractivity contribution < 1.29 is 9.63 Å². The molecule has 0 radical (unpaired) electrons. The molecule has 14 heavy (non-hydrogen) atoms. The lowest BCUT2D eigenvalue weighted by molar-refractivity contribution is -0.107. The second-order valence-electron chi connectivity index (χ2n) is 3.25. The molecule has 2 heterocycles. The topological polar surface area (TPSA) is 32.8 Å². The Morgan fingerprint density at radius 2 is 2.57 bits per heavy atom. The van der Waals surface area contributed by atoms with Gasteiger partial charge in [-0.2, -0.15) is 5.06 Å². The van der Waals surface area contributed by atoms with E-state index in [0.29, 0.717) is 13.2 Å². The Morgan fingerprint density at radius 1 is 1.79 bits per heavy atom. The van der Waals surface area contributed by atoms with Crippen LogP contribution in [-0.2, 0) is 4.84 Å². The van der Waals surface area contributed by atoms with Gasteiger partial charge in [-0.05, 0) is 28.7 Å². The predicted molar refractivity (Wildman–Crippen MR) is 60.8 cm³/mol. The zero-order chi connectivity index (χ0) is 10.1. The van der Waals surface area contributed by atoms with Crippen molar-refractivity contribution >= 4 is 28.6 Å². The number of halogens is 1. The molecule has 0 aromatic rings. The number of nitrogens with zero attached hydrogens (tertiary/aromatic N) is 2. The van der Waals surface area contributed by atoms with Gasteiger partial charge in [0.1, 0.15) is 0 Å². The monoisotopic (exact) mass is 306 g/mol. The highest BCUT2D eigenvalue weighted by Crippen LogP contribution is 2.27. The van der Waals surface area contributed by atoms with Crippen LogP contribution in [0.3, 0.4) is 0 Å². The van der Waals surface area contributed by atoms with E-state index in [1.54, 1.807) is 11.0 Å². The first kappa shape index (κ1) is 9.97. The molecule has 0 aromatic heterocycles. The van der Waals surface area contributed by atoms with Crippen LogP contribution in [0, 0.1) is 0 Å². The van der Waals surface area contributed by atoms with Crippen LogP contribution in [0.4, 0.5) is 4.79 Å². The molecule has 0 N–H and O–H groups in total. The minimum absolute atomic E-state index is 0.0419. The van der Waals surface area contributed by atoms with Crippen LogP contribution in [-0.4, -0.2) is 41.7 Å². The van der Waals surface area contributed by atoms with Gasteiger partial charge >= 0.3 is 6.03 Å². The third-order valence-electron chi connectivity index (χ3n) is 2.21. The van der Waals surface area contributed by atoms with Gasteiger partial charge < -0.3 is 4.90 Å². The zero-order valence-corrected chi connectivity index (χ0v) is 9.81. The van der Waals surface area contributed by atoms with Crippen LogP contribution in [0.5, 0.6) is 0 Å². The predicted octanol–water partition coefficient (Wildman–Crippen LogP) is 1.54. The Hall–Kier alpha value is -0.560. The summed E-state index contributed by atoms with van der Waals surface area (Å²) in [5.74, 6) is 0. The molecule has 2 aliphatic rings. The first-order chi connectivity index (χ1) is 6.72. The third-order valence-corrected chi connectivity index (χ3v) is 2.92. The number of hydrogen-bond donors (Lipinski definition) is 0. The summed E-state index contributed by atoms with van der Waals surface area (Å²) in [6.45, 7) is 5.38. The third kappa shape index (κ3) is 1.66. The molecule has 4 nitrogen and oxygen atoms in total. The normalized spacial score (nSPS) is 25.4. The van der Waals surface area contributed by atoms with Crippen LogP contribution < -0.4 is 0 Å². The lowest BCUT2D eigenvalue weighted by Gasteiger charge is -2.18. The first-order valence-corrected chi connectivity index (χ1v) is 5.48. The number of urea groups is 1. The van der Waals surface area contributed by atoms with Crippen LogP contribution >= 0.6 is 22.6 Å². The van der Waals surface area contributed by atoms with Crippen LogP contribution in [0.1, 0.15) is 0 Å². The zero-order valence-electron chi connectivity index (χ0n) is 7.65. The number of amides is 2. The fourth-order valence-electron chi connectivity index (χ4n) is 1.64. The van der Waals surface area contributed by atoms with Crippen LogP contribution in [0.2, 0.25) is 0 Å². The summed E-state index contributed by atoms with van der Waals surface area (Å²) in [4.78, 5) is 18.8. The smallest absolute Gasteiger partial charge is 0.316 e. The Bertz CT molecular complexity index is 303. The molecule has 2 aliphatic heterocycles. The quantitative estimate of drug-likeness (QED) is 0.585. The molecule has 2 bridgehead atoms. The van der Waals surface area contributed by atoms with Gasteiger partial charge in [0.05, 0.1) is 19.2 Å². The van der Waals surface area contributed by atoms with Gasteiger partial charge in [-0.15, -0.1) is 6.58 Å².